The molecule has 0 aliphatic rings. The standard InChI is InChI=1S/C21H44NO5PS/c1-5-6-7-8-9-10-11-12-13-14-15-16-17-26-28(25,29)27-20(18-21(23)24)19-22(2,3)4/h20H,5-19H2,1-4H3,(H-,23,24,25,29)/p+1. The summed E-state index contributed by atoms with van der Waals surface area (Å²) < 4.78 is 11.4. The second-order valence-corrected chi connectivity index (χ2v) is 11.8. The van der Waals surface area contributed by atoms with Gasteiger partial charge in [-0.15, -0.1) is 0 Å². The number of unbranched alkanes of at least 4 members (excludes halogenated alkanes) is 11. The van der Waals surface area contributed by atoms with E-state index in [0.717, 1.165) is 19.3 Å². The summed E-state index contributed by atoms with van der Waals surface area (Å²) in [5, 5.41) is 9.05. The van der Waals surface area contributed by atoms with Gasteiger partial charge >= 0.3 is 12.7 Å². The predicted octanol–water partition coefficient (Wildman–Crippen LogP) is 5.49. The Morgan fingerprint density at radius 2 is 1.38 bits per heavy atom. The van der Waals surface area contributed by atoms with Crippen molar-refractivity contribution in [1.29, 1.82) is 0 Å². The SMILES string of the molecule is CCCCCCCCCCCCCCOP(O)(=S)OC(CC(=O)O)C[N+](C)(C)C. The van der Waals surface area contributed by atoms with E-state index in [4.69, 9.17) is 26.0 Å². The van der Waals surface area contributed by atoms with Crippen LogP contribution in [0.5, 0.6) is 0 Å². The second-order valence-electron chi connectivity index (χ2n) is 8.99. The topological polar surface area (TPSA) is 76.0 Å². The van der Waals surface area contributed by atoms with E-state index in [0.29, 0.717) is 17.6 Å². The molecule has 0 aliphatic heterocycles. The van der Waals surface area contributed by atoms with Crippen molar-refractivity contribution in [2.75, 3.05) is 34.3 Å². The summed E-state index contributed by atoms with van der Waals surface area (Å²) in [4.78, 5) is 21.3. The third-order valence-corrected chi connectivity index (χ3v) is 6.34. The number of carbonyl (C=O) groups is 1. The van der Waals surface area contributed by atoms with Crippen LogP contribution in [0.25, 0.3) is 0 Å². The van der Waals surface area contributed by atoms with Gasteiger partial charge in [-0.05, 0) is 18.2 Å². The molecule has 0 radical (unpaired) electrons. The molecular weight excluding hydrogens is 409 g/mol. The number of carboxylic acids is 1. The Hall–Kier alpha value is -0.0400. The van der Waals surface area contributed by atoms with Crippen molar-refractivity contribution in [3.8, 4) is 0 Å². The van der Waals surface area contributed by atoms with Crippen LogP contribution in [-0.2, 0) is 25.6 Å². The summed E-state index contributed by atoms with van der Waals surface area (Å²) in [6.07, 6.45) is 14.2. The molecule has 2 N–H and O–H groups in total. The minimum atomic E-state index is -3.41. The molecular formula is C21H45NO5PS+. The third kappa shape index (κ3) is 21.0. The number of quaternary nitrogens is 1. The largest absolute Gasteiger partial charge is 0.481 e. The Balaban J connectivity index is 3.82. The first-order valence-electron chi connectivity index (χ1n) is 11.2. The molecule has 0 heterocycles. The van der Waals surface area contributed by atoms with E-state index in [1.165, 1.54) is 57.8 Å². The molecule has 0 saturated carbocycles. The van der Waals surface area contributed by atoms with Gasteiger partial charge in [-0.1, -0.05) is 77.6 Å². The van der Waals surface area contributed by atoms with E-state index in [1.807, 2.05) is 21.1 Å². The Kier molecular flexibility index (Phi) is 16.6. The van der Waals surface area contributed by atoms with Crippen LogP contribution in [0, 0.1) is 0 Å². The fourth-order valence-electron chi connectivity index (χ4n) is 3.28. The van der Waals surface area contributed by atoms with E-state index >= 15 is 0 Å². The molecule has 0 saturated heterocycles. The van der Waals surface area contributed by atoms with Gasteiger partial charge in [0, 0.05) is 0 Å². The average molecular weight is 455 g/mol. The Morgan fingerprint density at radius 3 is 1.79 bits per heavy atom. The molecule has 0 aliphatic carbocycles. The normalized spacial score (nSPS) is 15.2. The van der Waals surface area contributed by atoms with Crippen LogP contribution in [0.2, 0.25) is 0 Å². The van der Waals surface area contributed by atoms with Gasteiger partial charge in [0.05, 0.1) is 34.2 Å². The molecule has 0 spiro atoms. The van der Waals surface area contributed by atoms with Crippen LogP contribution in [0.1, 0.15) is 90.4 Å². The molecule has 29 heavy (non-hydrogen) atoms. The number of carboxylic acid groups (broad SMARTS) is 1. The summed E-state index contributed by atoms with van der Waals surface area (Å²) in [6, 6.07) is 0. The van der Waals surface area contributed by atoms with Crippen molar-refractivity contribution in [3.63, 3.8) is 0 Å². The number of hydrogen-bond acceptors (Lipinski definition) is 4. The Labute approximate surface area is 183 Å². The van der Waals surface area contributed by atoms with E-state index in [2.05, 4.69) is 6.92 Å². The number of rotatable bonds is 20. The predicted molar refractivity (Wildman–Crippen MR) is 124 cm³/mol. The quantitative estimate of drug-likeness (QED) is 0.144. The van der Waals surface area contributed by atoms with Crippen LogP contribution in [0.15, 0.2) is 0 Å². The molecule has 0 aromatic carbocycles. The molecule has 174 valence electrons. The Bertz CT molecular complexity index is 470. The number of hydrogen-bond donors (Lipinski definition) is 2. The lowest BCUT2D eigenvalue weighted by atomic mass is 10.1. The van der Waals surface area contributed by atoms with E-state index in [9.17, 15) is 9.69 Å². The molecule has 2 atom stereocenters. The molecule has 0 fully saturated rings. The molecule has 2 unspecified atom stereocenters. The van der Waals surface area contributed by atoms with Gasteiger partial charge in [-0.25, -0.2) is 0 Å². The van der Waals surface area contributed by atoms with Crippen molar-refractivity contribution >= 4 is 24.5 Å². The lowest BCUT2D eigenvalue weighted by Crippen LogP contribution is -2.42. The Morgan fingerprint density at radius 1 is 0.931 bits per heavy atom. The zero-order valence-corrected chi connectivity index (χ0v) is 20.8. The summed E-state index contributed by atoms with van der Waals surface area (Å²) >= 11 is 5.07. The van der Waals surface area contributed by atoms with Crippen molar-refractivity contribution in [2.24, 2.45) is 0 Å². The molecule has 0 rings (SSSR count). The van der Waals surface area contributed by atoms with Gasteiger partial charge in [0.1, 0.15) is 12.6 Å². The van der Waals surface area contributed by atoms with Gasteiger partial charge in [-0.2, -0.15) is 0 Å². The highest BCUT2D eigenvalue weighted by molar-refractivity contribution is 8.07. The van der Waals surface area contributed by atoms with Crippen molar-refractivity contribution in [3.05, 3.63) is 0 Å². The number of aliphatic carboxylic acids is 1. The third-order valence-electron chi connectivity index (χ3n) is 4.69. The highest BCUT2D eigenvalue weighted by Gasteiger charge is 2.28. The minimum absolute atomic E-state index is 0.198. The van der Waals surface area contributed by atoms with Crippen molar-refractivity contribution < 1.29 is 28.3 Å². The van der Waals surface area contributed by atoms with Crippen molar-refractivity contribution in [1.82, 2.24) is 0 Å². The molecule has 0 aromatic rings. The smallest absolute Gasteiger partial charge is 0.325 e. The monoisotopic (exact) mass is 454 g/mol. The first-order chi connectivity index (χ1) is 13.6. The minimum Gasteiger partial charge on any atom is -0.481 e. The van der Waals surface area contributed by atoms with Crippen LogP contribution in [-0.4, -0.2) is 60.9 Å². The molecule has 8 heteroatoms. The van der Waals surface area contributed by atoms with Crippen LogP contribution in [0.3, 0.4) is 0 Å². The molecule has 6 nitrogen and oxygen atoms in total. The van der Waals surface area contributed by atoms with Crippen molar-refractivity contribution in [2.45, 2.75) is 96.5 Å². The maximum atomic E-state index is 11.0. The number of likely N-dealkylation sites (N-methyl/N-ethyl adjacent to an activating group) is 1. The van der Waals surface area contributed by atoms with Crippen LogP contribution in [0.4, 0.5) is 0 Å². The fraction of sp³-hybridized carbons (Fsp3) is 0.952. The maximum absolute atomic E-state index is 11.0. The molecule has 0 aromatic heterocycles. The highest BCUT2D eigenvalue weighted by Crippen LogP contribution is 2.45. The first-order valence-corrected chi connectivity index (χ1v) is 13.8. The summed E-state index contributed by atoms with van der Waals surface area (Å²) in [5.41, 5.74) is 0. The molecule has 0 amide bonds. The fourth-order valence-corrected chi connectivity index (χ4v) is 4.81. The lowest BCUT2D eigenvalue weighted by molar-refractivity contribution is -0.873. The van der Waals surface area contributed by atoms with E-state index < -0.39 is 18.8 Å². The van der Waals surface area contributed by atoms with Gasteiger partial charge in [0.15, 0.2) is 0 Å². The van der Waals surface area contributed by atoms with Gasteiger partial charge in [0.25, 0.3) is 0 Å². The lowest BCUT2D eigenvalue weighted by Gasteiger charge is -2.30. The first kappa shape index (κ1) is 29.0. The second kappa shape index (κ2) is 16.6. The highest BCUT2D eigenvalue weighted by atomic mass is 32.5. The maximum Gasteiger partial charge on any atom is 0.325 e. The average Bonchev–Trinajstić information content (AvgIpc) is 2.56. The summed E-state index contributed by atoms with van der Waals surface area (Å²) in [6.45, 7) is -0.371. The van der Waals surface area contributed by atoms with Gasteiger partial charge in [0.2, 0.25) is 0 Å². The molecule has 0 bridgehead atoms. The van der Waals surface area contributed by atoms with E-state index in [-0.39, 0.29) is 6.42 Å². The summed E-state index contributed by atoms with van der Waals surface area (Å²) in [7, 11) is 5.81. The van der Waals surface area contributed by atoms with E-state index in [1.54, 1.807) is 0 Å². The zero-order valence-electron chi connectivity index (χ0n) is 19.1. The number of nitrogens with zero attached hydrogens (tertiary/aromatic N) is 1. The van der Waals surface area contributed by atoms with Crippen LogP contribution < -0.4 is 0 Å². The van der Waals surface area contributed by atoms with Gasteiger partial charge in [-0.3, -0.25) is 9.32 Å². The zero-order chi connectivity index (χ0) is 22.2. The van der Waals surface area contributed by atoms with Gasteiger partial charge < -0.3 is 19.0 Å². The summed E-state index contributed by atoms with van der Waals surface area (Å²) in [5.74, 6) is -0.973. The van der Waals surface area contributed by atoms with Crippen LogP contribution >= 0.6 is 6.72 Å².